The van der Waals surface area contributed by atoms with Gasteiger partial charge >= 0.3 is 0 Å². The van der Waals surface area contributed by atoms with Crippen LogP contribution in [0.25, 0.3) is 0 Å². The summed E-state index contributed by atoms with van der Waals surface area (Å²) >= 11 is 0. The summed E-state index contributed by atoms with van der Waals surface area (Å²) < 4.78 is 0.968. The van der Waals surface area contributed by atoms with Gasteiger partial charge in [0, 0.05) is 6.42 Å². The van der Waals surface area contributed by atoms with Gasteiger partial charge in [-0.05, 0) is 96.8 Å². The molecule has 3 nitrogen and oxygen atoms in total. The van der Waals surface area contributed by atoms with Crippen molar-refractivity contribution in [2.75, 3.05) is 27.7 Å². The number of nitrogens with zero attached hydrogens (tertiary/aromatic N) is 2. The Kier molecular flexibility index (Phi) is 34.5. The molecule has 0 aliphatic heterocycles. The van der Waals surface area contributed by atoms with Gasteiger partial charge in [-0.3, -0.25) is 0 Å². The summed E-state index contributed by atoms with van der Waals surface area (Å²) in [6.07, 6.45) is 53.6. The first kappa shape index (κ1) is 45.4. The van der Waals surface area contributed by atoms with Gasteiger partial charge in [-0.25, -0.2) is 0 Å². The standard InChI is InChI=1S/C44H83N2O/c1-7-9-11-13-15-17-19-21-23-25-27-29-31-33-35-37-39-44(47-45-43(3)41-42-46(4,5)6)40-38-36-34-32-30-28-26-24-22-20-18-16-14-12-10-8-2/h15-18,21-24,44H,7-14,19-20,25-42H2,1-6H3/q+1. The second-order valence-corrected chi connectivity index (χ2v) is 15.1. The lowest BCUT2D eigenvalue weighted by Crippen LogP contribution is -2.36. The predicted molar refractivity (Wildman–Crippen MR) is 213 cm³/mol. The van der Waals surface area contributed by atoms with Crippen LogP contribution in [0, 0.1) is 0 Å². The summed E-state index contributed by atoms with van der Waals surface area (Å²) in [5.41, 5.74) is 1.14. The molecule has 0 spiro atoms. The number of oxime groups is 1. The van der Waals surface area contributed by atoms with Crippen LogP contribution in [0.15, 0.2) is 53.8 Å². The van der Waals surface area contributed by atoms with E-state index in [4.69, 9.17) is 4.84 Å². The van der Waals surface area contributed by atoms with Crippen molar-refractivity contribution < 1.29 is 9.32 Å². The van der Waals surface area contributed by atoms with Crippen LogP contribution in [0.1, 0.15) is 194 Å². The van der Waals surface area contributed by atoms with Crippen molar-refractivity contribution in [3.8, 4) is 0 Å². The molecule has 0 bridgehead atoms. The lowest BCUT2D eigenvalue weighted by Gasteiger charge is -2.23. The Morgan fingerprint density at radius 1 is 0.511 bits per heavy atom. The Hall–Kier alpha value is -1.61. The Labute approximate surface area is 296 Å². The van der Waals surface area contributed by atoms with Gasteiger partial charge in [0.25, 0.3) is 0 Å². The summed E-state index contributed by atoms with van der Waals surface area (Å²) in [7, 11) is 6.73. The first-order chi connectivity index (χ1) is 22.9. The van der Waals surface area contributed by atoms with E-state index in [-0.39, 0.29) is 6.10 Å². The van der Waals surface area contributed by atoms with Gasteiger partial charge in [0.15, 0.2) is 0 Å². The summed E-state index contributed by atoms with van der Waals surface area (Å²) in [6, 6.07) is 0. The molecule has 0 aromatic rings. The second kappa shape index (κ2) is 35.7. The normalized spacial score (nSPS) is 13.7. The molecule has 0 aromatic carbocycles. The fourth-order valence-corrected chi connectivity index (χ4v) is 5.68. The summed E-state index contributed by atoms with van der Waals surface area (Å²) in [5, 5.41) is 4.60. The van der Waals surface area contributed by atoms with E-state index in [2.05, 4.69) is 95.7 Å². The van der Waals surface area contributed by atoms with E-state index in [1.54, 1.807) is 0 Å². The topological polar surface area (TPSA) is 21.6 Å². The quantitative estimate of drug-likeness (QED) is 0.0219. The maximum absolute atomic E-state index is 6.17. The maximum Gasteiger partial charge on any atom is 0.127 e. The van der Waals surface area contributed by atoms with Gasteiger partial charge < -0.3 is 9.32 Å². The molecule has 3 heteroatoms. The van der Waals surface area contributed by atoms with E-state index >= 15 is 0 Å². The molecular formula is C44H83N2O+. The smallest absolute Gasteiger partial charge is 0.127 e. The van der Waals surface area contributed by atoms with Crippen LogP contribution >= 0.6 is 0 Å². The molecule has 0 radical (unpaired) electrons. The van der Waals surface area contributed by atoms with Gasteiger partial charge in [-0.15, -0.1) is 0 Å². The Morgan fingerprint density at radius 2 is 0.872 bits per heavy atom. The molecule has 0 rings (SSSR count). The van der Waals surface area contributed by atoms with Crippen LogP contribution in [0.4, 0.5) is 0 Å². The van der Waals surface area contributed by atoms with Gasteiger partial charge in [0.2, 0.25) is 0 Å². The molecule has 0 atom stereocenters. The van der Waals surface area contributed by atoms with Crippen molar-refractivity contribution in [1.29, 1.82) is 0 Å². The molecule has 0 amide bonds. The predicted octanol–water partition coefficient (Wildman–Crippen LogP) is 14.3. The molecule has 0 N–H and O–H groups in total. The van der Waals surface area contributed by atoms with Gasteiger partial charge in [0.1, 0.15) is 6.10 Å². The van der Waals surface area contributed by atoms with Crippen molar-refractivity contribution in [2.45, 2.75) is 200 Å². The molecule has 0 saturated carbocycles. The lowest BCUT2D eigenvalue weighted by atomic mass is 10.0. The summed E-state index contributed by atoms with van der Waals surface area (Å²) in [5.74, 6) is 0. The SMILES string of the molecule is CCCCCC=CCC=CCCCCCCCCC(CCCCCCCCC=CCC=CCCCCC)ON=C(C)CC[N+](C)(C)C. The third-order valence-electron chi connectivity index (χ3n) is 8.96. The minimum atomic E-state index is 0.283. The third-order valence-corrected chi connectivity index (χ3v) is 8.96. The van der Waals surface area contributed by atoms with E-state index < -0.39 is 0 Å². The van der Waals surface area contributed by atoms with E-state index in [1.807, 2.05) is 0 Å². The van der Waals surface area contributed by atoms with Crippen LogP contribution in [0.2, 0.25) is 0 Å². The van der Waals surface area contributed by atoms with Crippen molar-refractivity contribution >= 4 is 5.71 Å². The fraction of sp³-hybridized carbons (Fsp3) is 0.795. The van der Waals surface area contributed by atoms with Crippen LogP contribution in [-0.2, 0) is 4.84 Å². The number of quaternary nitrogens is 1. The first-order valence-corrected chi connectivity index (χ1v) is 20.5. The minimum Gasteiger partial charge on any atom is -0.393 e. The molecule has 0 aliphatic carbocycles. The Balaban J connectivity index is 4.12. The van der Waals surface area contributed by atoms with E-state index in [0.29, 0.717) is 0 Å². The van der Waals surface area contributed by atoms with Crippen LogP contribution in [-0.4, -0.2) is 44.0 Å². The molecule has 0 saturated heterocycles. The average molecular weight is 656 g/mol. The Bertz CT molecular complexity index is 737. The highest BCUT2D eigenvalue weighted by Gasteiger charge is 2.12. The molecule has 0 aromatic heterocycles. The largest absolute Gasteiger partial charge is 0.393 e. The number of rotatable bonds is 35. The number of allylic oxidation sites excluding steroid dienone is 8. The van der Waals surface area contributed by atoms with Crippen LogP contribution in [0.5, 0.6) is 0 Å². The number of hydrogen-bond acceptors (Lipinski definition) is 2. The zero-order chi connectivity index (χ0) is 34.5. The highest BCUT2D eigenvalue weighted by Crippen LogP contribution is 2.18. The van der Waals surface area contributed by atoms with Gasteiger partial charge in [-0.2, -0.15) is 0 Å². The zero-order valence-electron chi connectivity index (χ0n) is 32.8. The number of hydrogen-bond donors (Lipinski definition) is 0. The highest BCUT2D eigenvalue weighted by atomic mass is 16.6. The maximum atomic E-state index is 6.17. The van der Waals surface area contributed by atoms with Crippen molar-refractivity contribution in [3.05, 3.63) is 48.6 Å². The molecule has 0 aliphatic rings. The molecule has 0 unspecified atom stereocenters. The lowest BCUT2D eigenvalue weighted by molar-refractivity contribution is -0.869. The minimum absolute atomic E-state index is 0.283. The molecule has 274 valence electrons. The van der Waals surface area contributed by atoms with Gasteiger partial charge in [-0.1, -0.05) is 145 Å². The van der Waals surface area contributed by atoms with Crippen molar-refractivity contribution in [3.63, 3.8) is 0 Å². The molecule has 0 heterocycles. The van der Waals surface area contributed by atoms with Crippen LogP contribution in [0.3, 0.4) is 0 Å². The Morgan fingerprint density at radius 3 is 1.26 bits per heavy atom. The van der Waals surface area contributed by atoms with Crippen LogP contribution < -0.4 is 0 Å². The fourth-order valence-electron chi connectivity index (χ4n) is 5.68. The molecule has 0 fully saturated rings. The first-order valence-electron chi connectivity index (χ1n) is 20.5. The second-order valence-electron chi connectivity index (χ2n) is 15.1. The summed E-state index contributed by atoms with van der Waals surface area (Å²) in [6.45, 7) is 7.77. The zero-order valence-corrected chi connectivity index (χ0v) is 32.8. The van der Waals surface area contributed by atoms with Crippen molar-refractivity contribution in [2.24, 2.45) is 5.16 Å². The molecule has 47 heavy (non-hydrogen) atoms. The monoisotopic (exact) mass is 656 g/mol. The third kappa shape index (κ3) is 38.7. The number of unbranched alkanes of at least 4 members (excludes halogenated alkanes) is 18. The molecular weight excluding hydrogens is 572 g/mol. The van der Waals surface area contributed by atoms with Gasteiger partial charge in [0.05, 0.1) is 33.4 Å². The van der Waals surface area contributed by atoms with Crippen molar-refractivity contribution in [1.82, 2.24) is 0 Å². The van der Waals surface area contributed by atoms with E-state index in [1.165, 1.54) is 141 Å². The average Bonchev–Trinajstić information content (AvgIpc) is 3.05. The summed E-state index contributed by atoms with van der Waals surface area (Å²) in [4.78, 5) is 6.17. The van der Waals surface area contributed by atoms with E-state index in [9.17, 15) is 0 Å². The van der Waals surface area contributed by atoms with E-state index in [0.717, 1.165) is 48.8 Å². The highest BCUT2D eigenvalue weighted by molar-refractivity contribution is 5.81.